The normalized spacial score (nSPS) is 11.3. The molecule has 0 aliphatic rings. The first kappa shape index (κ1) is 16.2. The summed E-state index contributed by atoms with van der Waals surface area (Å²) in [5, 5.41) is 2.67. The molecule has 0 aliphatic heterocycles. The molecule has 2 rings (SSSR count). The van der Waals surface area contributed by atoms with Crippen LogP contribution in [0.5, 0.6) is 0 Å². The molecule has 0 fully saturated rings. The summed E-state index contributed by atoms with van der Waals surface area (Å²) >= 11 is 3.53. The average Bonchev–Trinajstić information content (AvgIpc) is 2.55. The van der Waals surface area contributed by atoms with Gasteiger partial charge in [0.25, 0.3) is 0 Å². The van der Waals surface area contributed by atoms with Gasteiger partial charge in [0.05, 0.1) is 0 Å². The Morgan fingerprint density at radius 2 is 1.19 bits per heavy atom. The molecule has 1 nitrogen and oxygen atoms in total. The monoisotopic (exact) mass is 361 g/mol. The number of nitrogens with zero attached hydrogens (tertiary/aromatic N) is 1. The van der Waals surface area contributed by atoms with Crippen molar-refractivity contribution in [1.29, 1.82) is 0 Å². The third kappa shape index (κ3) is 3.54. The van der Waals surface area contributed by atoms with Crippen LogP contribution in [0.25, 0.3) is 0 Å². The fourth-order valence-corrected chi connectivity index (χ4v) is 7.50. The average molecular weight is 360 g/mol. The first-order valence-electron chi connectivity index (χ1n) is 6.92. The van der Waals surface area contributed by atoms with Crippen LogP contribution >= 0.6 is 5.66 Å². The Bertz CT molecular complexity index is 583. The first-order valence-corrected chi connectivity index (χ1v) is 10.9. The maximum absolute atomic E-state index is 3.91. The molecule has 108 valence electrons. The van der Waals surface area contributed by atoms with E-state index in [1.54, 1.807) is 0 Å². The fraction of sp³-hybridized carbons (Fsp3) is 0.111. The maximum atomic E-state index is 3.91. The number of rotatable bonds is 7. The number of hydrogen-bond donors (Lipinski definition) is 0. The molecule has 3 heteroatoms. The molecule has 2 aromatic rings. The summed E-state index contributed by atoms with van der Waals surface area (Å²) < 4.78 is 2.44. The van der Waals surface area contributed by atoms with E-state index in [2.05, 4.69) is 93.6 Å². The van der Waals surface area contributed by atoms with Gasteiger partial charge in [-0.3, -0.25) is 0 Å². The second-order valence-electron chi connectivity index (χ2n) is 4.70. The van der Waals surface area contributed by atoms with Gasteiger partial charge in [-0.2, -0.15) is 0 Å². The molecule has 0 saturated heterocycles. The first-order chi connectivity index (χ1) is 10.2. The molecule has 0 amide bonds. The Morgan fingerprint density at radius 1 is 0.810 bits per heavy atom. The fourth-order valence-electron chi connectivity index (χ4n) is 2.34. The van der Waals surface area contributed by atoms with E-state index in [0.29, 0.717) is 0 Å². The summed E-state index contributed by atoms with van der Waals surface area (Å²) in [6.07, 6.45) is 3.92. The quantitative estimate of drug-likeness (QED) is 0.416. The van der Waals surface area contributed by atoms with Crippen LogP contribution in [0.1, 0.15) is 0 Å². The van der Waals surface area contributed by atoms with E-state index in [0.717, 1.165) is 13.1 Å². The predicted molar refractivity (Wildman–Crippen MR) is 96.8 cm³/mol. The molecular formula is C18H20NPSe. The molecule has 0 radical (unpaired) electrons. The molecule has 0 aliphatic carbocycles. The zero-order valence-electron chi connectivity index (χ0n) is 12.1. The van der Waals surface area contributed by atoms with Crippen molar-refractivity contribution in [2.45, 2.75) is 0 Å². The zero-order chi connectivity index (χ0) is 15.1. The van der Waals surface area contributed by atoms with Crippen LogP contribution in [0.3, 0.4) is 0 Å². The van der Waals surface area contributed by atoms with Gasteiger partial charge in [0.15, 0.2) is 0 Å². The van der Waals surface area contributed by atoms with Crippen molar-refractivity contribution < 1.29 is 0 Å². The van der Waals surface area contributed by atoms with Crippen LogP contribution in [0.15, 0.2) is 86.0 Å². The molecule has 0 heterocycles. The van der Waals surface area contributed by atoms with Crippen molar-refractivity contribution >= 4 is 31.4 Å². The van der Waals surface area contributed by atoms with Gasteiger partial charge in [-0.25, -0.2) is 0 Å². The summed E-state index contributed by atoms with van der Waals surface area (Å²) in [5.41, 5.74) is -1.75. The van der Waals surface area contributed by atoms with E-state index in [9.17, 15) is 0 Å². The third-order valence-corrected chi connectivity index (χ3v) is 10.5. The minimum atomic E-state index is -1.75. The van der Waals surface area contributed by atoms with Crippen molar-refractivity contribution in [1.82, 2.24) is 4.67 Å². The van der Waals surface area contributed by atoms with Gasteiger partial charge in [0.2, 0.25) is 0 Å². The molecular weight excluding hydrogens is 340 g/mol. The van der Waals surface area contributed by atoms with Crippen molar-refractivity contribution in [2.75, 3.05) is 13.1 Å². The van der Waals surface area contributed by atoms with Crippen molar-refractivity contribution in [2.24, 2.45) is 0 Å². The van der Waals surface area contributed by atoms with Gasteiger partial charge < -0.3 is 0 Å². The Morgan fingerprint density at radius 3 is 1.52 bits per heavy atom. The molecule has 0 unspecified atom stereocenters. The van der Waals surface area contributed by atoms with E-state index in [-0.39, 0.29) is 0 Å². The van der Waals surface area contributed by atoms with Crippen molar-refractivity contribution in [3.63, 3.8) is 0 Å². The molecule has 21 heavy (non-hydrogen) atoms. The molecule has 2 aromatic carbocycles. The van der Waals surface area contributed by atoms with Gasteiger partial charge in [0, 0.05) is 0 Å². The molecule has 0 saturated carbocycles. The summed E-state index contributed by atoms with van der Waals surface area (Å²) in [7, 11) is 0. The van der Waals surface area contributed by atoms with Gasteiger partial charge in [-0.1, -0.05) is 0 Å². The van der Waals surface area contributed by atoms with Crippen LogP contribution in [0, 0.1) is 0 Å². The molecule has 0 atom stereocenters. The van der Waals surface area contributed by atoms with Gasteiger partial charge in [-0.05, 0) is 0 Å². The Labute approximate surface area is 135 Å². The van der Waals surface area contributed by atoms with Crippen LogP contribution in [-0.4, -0.2) is 32.9 Å². The molecule has 0 bridgehead atoms. The SMILES string of the molecule is C=CCN(CC=C)P(=[Se])(c1ccccc1)c1ccccc1. The summed E-state index contributed by atoms with van der Waals surface area (Å²) in [4.78, 5) is 0. The third-order valence-electron chi connectivity index (χ3n) is 3.29. The predicted octanol–water partition coefficient (Wildman–Crippen LogP) is 3.33. The minimum absolute atomic E-state index is 0.830. The zero-order valence-corrected chi connectivity index (χ0v) is 14.7. The van der Waals surface area contributed by atoms with Gasteiger partial charge in [-0.15, -0.1) is 0 Å². The standard InChI is InChI=1S/C18H20NPSe/c1-3-15-19(16-4-2)20(21,17-11-7-5-8-12-17)18-13-9-6-10-14-18/h3-14H,1-2,15-16H2. The summed E-state index contributed by atoms with van der Waals surface area (Å²) in [5.74, 6) is 0. The van der Waals surface area contributed by atoms with Gasteiger partial charge in [0.1, 0.15) is 0 Å². The van der Waals surface area contributed by atoms with Crippen molar-refractivity contribution in [3.8, 4) is 0 Å². The molecule has 0 N–H and O–H groups in total. The van der Waals surface area contributed by atoms with Crippen LogP contribution in [0.2, 0.25) is 0 Å². The van der Waals surface area contributed by atoms with Gasteiger partial charge >= 0.3 is 135 Å². The van der Waals surface area contributed by atoms with Crippen molar-refractivity contribution in [3.05, 3.63) is 86.0 Å². The van der Waals surface area contributed by atoms with Crippen LogP contribution in [-0.2, 0) is 0 Å². The van der Waals surface area contributed by atoms with E-state index in [1.165, 1.54) is 10.6 Å². The molecule has 0 aromatic heterocycles. The Hall–Kier alpha value is -1.17. The second-order valence-corrected chi connectivity index (χ2v) is 10.8. The van der Waals surface area contributed by atoms with E-state index >= 15 is 0 Å². The van der Waals surface area contributed by atoms with E-state index in [1.807, 2.05) is 12.2 Å². The second kappa shape index (κ2) is 7.73. The Kier molecular flexibility index (Phi) is 5.96. The summed E-state index contributed by atoms with van der Waals surface area (Å²) in [6.45, 7) is 9.48. The van der Waals surface area contributed by atoms with Crippen LogP contribution in [0.4, 0.5) is 0 Å². The Balaban J connectivity index is 2.61. The summed E-state index contributed by atoms with van der Waals surface area (Å²) in [6, 6.07) is 21.3. The number of benzene rings is 2. The van der Waals surface area contributed by atoms with Crippen LogP contribution < -0.4 is 10.6 Å². The van der Waals surface area contributed by atoms with E-state index in [4.69, 9.17) is 0 Å². The van der Waals surface area contributed by atoms with E-state index < -0.39 is 5.66 Å². The number of hydrogen-bond acceptors (Lipinski definition) is 1. The molecule has 0 spiro atoms. The topological polar surface area (TPSA) is 3.24 Å².